The summed E-state index contributed by atoms with van der Waals surface area (Å²) in [5.74, 6) is -1.70. The van der Waals surface area contributed by atoms with Crippen LogP contribution in [-0.2, 0) is 15.7 Å². The standard InChI is InChI=1S/C27H30F3N3O4/c1-4-17(3)24(19-9-11-20(12-10-19)25-32-33-26(37-25)27(28,29)30)31-21-15-13-18(14-16-21)22(34)7-6-8-23(35)36-5-2/h9-17,24,31H,4-8H2,1-3H3. The topological polar surface area (TPSA) is 94.3 Å². The molecule has 0 saturated heterocycles. The number of nitrogens with one attached hydrogen (secondary N) is 1. The maximum absolute atomic E-state index is 12.8. The molecule has 3 rings (SSSR count). The summed E-state index contributed by atoms with van der Waals surface area (Å²) < 4.78 is 47.9. The van der Waals surface area contributed by atoms with Gasteiger partial charge < -0.3 is 14.5 Å². The molecule has 2 aromatic carbocycles. The van der Waals surface area contributed by atoms with E-state index in [9.17, 15) is 22.8 Å². The third kappa shape index (κ3) is 7.65. The lowest BCUT2D eigenvalue weighted by atomic mass is 9.91. The van der Waals surface area contributed by atoms with Gasteiger partial charge in [-0.15, -0.1) is 10.2 Å². The first-order valence-corrected chi connectivity index (χ1v) is 12.2. The first kappa shape index (κ1) is 27.9. The number of esters is 1. The van der Waals surface area contributed by atoms with Crippen LogP contribution in [0.2, 0.25) is 0 Å². The Labute approximate surface area is 213 Å². The van der Waals surface area contributed by atoms with E-state index < -0.39 is 12.1 Å². The lowest BCUT2D eigenvalue weighted by Crippen LogP contribution is -2.18. The number of alkyl halides is 3. The fraction of sp³-hybridized carbons (Fsp3) is 0.407. The number of carbonyl (C=O) groups is 2. The summed E-state index contributed by atoms with van der Waals surface area (Å²) in [6.45, 7) is 6.24. The molecule has 198 valence electrons. The Bertz CT molecular complexity index is 1170. The highest BCUT2D eigenvalue weighted by Crippen LogP contribution is 2.33. The molecule has 0 fully saturated rings. The second-order valence-corrected chi connectivity index (χ2v) is 8.70. The minimum Gasteiger partial charge on any atom is -0.466 e. The Balaban J connectivity index is 1.67. The molecule has 10 heteroatoms. The van der Waals surface area contributed by atoms with Crippen molar-refractivity contribution in [3.8, 4) is 11.5 Å². The van der Waals surface area contributed by atoms with Gasteiger partial charge in [-0.05, 0) is 61.2 Å². The predicted molar refractivity (Wildman–Crippen MR) is 132 cm³/mol. The van der Waals surface area contributed by atoms with Crippen LogP contribution in [0, 0.1) is 5.92 Å². The molecule has 0 radical (unpaired) electrons. The number of ether oxygens (including phenoxy) is 1. The van der Waals surface area contributed by atoms with E-state index in [0.29, 0.717) is 24.2 Å². The normalized spacial score (nSPS) is 13.1. The molecule has 3 aromatic rings. The Morgan fingerprint density at radius 2 is 1.68 bits per heavy atom. The number of hydrogen-bond donors (Lipinski definition) is 1. The number of hydrogen-bond acceptors (Lipinski definition) is 7. The van der Waals surface area contributed by atoms with Crippen molar-refractivity contribution in [3.63, 3.8) is 0 Å². The lowest BCUT2D eigenvalue weighted by Gasteiger charge is -2.26. The third-order valence-corrected chi connectivity index (χ3v) is 6.02. The molecule has 1 aromatic heterocycles. The van der Waals surface area contributed by atoms with Crippen LogP contribution in [0.1, 0.15) is 74.3 Å². The van der Waals surface area contributed by atoms with Crippen molar-refractivity contribution in [1.82, 2.24) is 10.2 Å². The fourth-order valence-electron chi connectivity index (χ4n) is 3.78. The number of rotatable bonds is 12. The summed E-state index contributed by atoms with van der Waals surface area (Å²) in [6, 6.07) is 14.0. The monoisotopic (exact) mass is 517 g/mol. The molecule has 0 amide bonds. The molecular formula is C27H30F3N3O4. The first-order chi connectivity index (χ1) is 17.6. The van der Waals surface area contributed by atoms with Crippen LogP contribution in [0.15, 0.2) is 52.9 Å². The Morgan fingerprint density at radius 3 is 2.24 bits per heavy atom. The molecule has 2 atom stereocenters. The van der Waals surface area contributed by atoms with Crippen molar-refractivity contribution in [2.24, 2.45) is 5.92 Å². The summed E-state index contributed by atoms with van der Waals surface area (Å²) in [5.41, 5.74) is 2.72. The SMILES string of the molecule is CCOC(=O)CCCC(=O)c1ccc(NC(c2ccc(-c3nnc(C(F)(F)F)o3)cc2)C(C)CC)cc1. The number of benzene rings is 2. The van der Waals surface area contributed by atoms with Gasteiger partial charge in [0, 0.05) is 29.7 Å². The van der Waals surface area contributed by atoms with Crippen molar-refractivity contribution >= 4 is 17.4 Å². The molecule has 37 heavy (non-hydrogen) atoms. The Hall–Kier alpha value is -3.69. The molecule has 0 aliphatic carbocycles. The van der Waals surface area contributed by atoms with Crippen LogP contribution >= 0.6 is 0 Å². The van der Waals surface area contributed by atoms with Gasteiger partial charge in [0.15, 0.2) is 5.78 Å². The van der Waals surface area contributed by atoms with Crippen molar-refractivity contribution in [2.45, 2.75) is 58.7 Å². The second-order valence-electron chi connectivity index (χ2n) is 8.70. The van der Waals surface area contributed by atoms with E-state index in [4.69, 9.17) is 9.15 Å². The van der Waals surface area contributed by atoms with Gasteiger partial charge in [0.2, 0.25) is 5.89 Å². The van der Waals surface area contributed by atoms with E-state index in [1.807, 2.05) is 24.3 Å². The van der Waals surface area contributed by atoms with Crippen LogP contribution in [0.4, 0.5) is 18.9 Å². The quantitative estimate of drug-likeness (QED) is 0.207. The van der Waals surface area contributed by atoms with E-state index >= 15 is 0 Å². The Kier molecular flexibility index (Phi) is 9.43. The molecule has 1 heterocycles. The summed E-state index contributed by atoms with van der Waals surface area (Å²) in [7, 11) is 0. The number of anilines is 1. The zero-order valence-electron chi connectivity index (χ0n) is 21.0. The maximum atomic E-state index is 12.8. The van der Waals surface area contributed by atoms with Gasteiger partial charge in [0.05, 0.1) is 12.6 Å². The number of aromatic nitrogens is 2. The highest BCUT2D eigenvalue weighted by Gasteiger charge is 2.38. The number of halogens is 3. The Morgan fingerprint density at radius 1 is 1.00 bits per heavy atom. The van der Waals surface area contributed by atoms with Crippen LogP contribution in [-0.4, -0.2) is 28.6 Å². The van der Waals surface area contributed by atoms with Crippen LogP contribution in [0.3, 0.4) is 0 Å². The lowest BCUT2D eigenvalue weighted by molar-refractivity contribution is -0.157. The average Bonchev–Trinajstić information content (AvgIpc) is 3.39. The van der Waals surface area contributed by atoms with E-state index in [-0.39, 0.29) is 42.4 Å². The van der Waals surface area contributed by atoms with Crippen LogP contribution in [0.25, 0.3) is 11.5 Å². The fourth-order valence-corrected chi connectivity index (χ4v) is 3.78. The summed E-state index contributed by atoms with van der Waals surface area (Å²) in [5, 5.41) is 10.1. The second kappa shape index (κ2) is 12.5. The molecule has 1 N–H and O–H groups in total. The molecule has 0 aliphatic rings. The molecule has 7 nitrogen and oxygen atoms in total. The van der Waals surface area contributed by atoms with Crippen molar-refractivity contribution in [2.75, 3.05) is 11.9 Å². The minimum atomic E-state index is -4.69. The highest BCUT2D eigenvalue weighted by molar-refractivity contribution is 5.96. The average molecular weight is 518 g/mol. The van der Waals surface area contributed by atoms with E-state index in [0.717, 1.165) is 17.7 Å². The molecule has 0 bridgehead atoms. The molecule has 0 spiro atoms. The number of Topliss-reactive ketones (excluding diaryl/α,β-unsaturated/α-hetero) is 1. The van der Waals surface area contributed by atoms with Gasteiger partial charge in [-0.3, -0.25) is 9.59 Å². The van der Waals surface area contributed by atoms with Gasteiger partial charge in [-0.25, -0.2) is 0 Å². The smallest absolute Gasteiger partial charge is 0.466 e. The number of carbonyl (C=O) groups excluding carboxylic acids is 2. The predicted octanol–water partition coefficient (Wildman–Crippen LogP) is 6.87. The van der Waals surface area contributed by atoms with E-state index in [1.165, 1.54) is 0 Å². The molecule has 0 aliphatic heterocycles. The number of nitrogens with zero attached hydrogens (tertiary/aromatic N) is 2. The minimum absolute atomic E-state index is 0.0420. The number of ketones is 1. The summed E-state index contributed by atoms with van der Waals surface area (Å²) >= 11 is 0. The maximum Gasteiger partial charge on any atom is 0.470 e. The van der Waals surface area contributed by atoms with Crippen molar-refractivity contribution in [3.05, 3.63) is 65.5 Å². The zero-order valence-corrected chi connectivity index (χ0v) is 21.0. The largest absolute Gasteiger partial charge is 0.470 e. The van der Waals surface area contributed by atoms with Crippen molar-refractivity contribution in [1.29, 1.82) is 0 Å². The van der Waals surface area contributed by atoms with E-state index in [1.54, 1.807) is 31.2 Å². The summed E-state index contributed by atoms with van der Waals surface area (Å²) in [4.78, 5) is 23.9. The van der Waals surface area contributed by atoms with Gasteiger partial charge in [-0.2, -0.15) is 13.2 Å². The van der Waals surface area contributed by atoms with E-state index in [2.05, 4.69) is 29.4 Å². The molecule has 0 saturated carbocycles. The molecule has 2 unspecified atom stereocenters. The van der Waals surface area contributed by atoms with Crippen LogP contribution < -0.4 is 5.32 Å². The third-order valence-electron chi connectivity index (χ3n) is 6.02. The van der Waals surface area contributed by atoms with Gasteiger partial charge in [-0.1, -0.05) is 32.4 Å². The van der Waals surface area contributed by atoms with Gasteiger partial charge >= 0.3 is 18.0 Å². The van der Waals surface area contributed by atoms with Gasteiger partial charge in [0.1, 0.15) is 0 Å². The van der Waals surface area contributed by atoms with Crippen LogP contribution in [0.5, 0.6) is 0 Å². The molecular weight excluding hydrogens is 487 g/mol. The van der Waals surface area contributed by atoms with Crippen molar-refractivity contribution < 1.29 is 31.9 Å². The zero-order chi connectivity index (χ0) is 27.0. The summed E-state index contributed by atoms with van der Waals surface area (Å²) in [6.07, 6.45) is -2.90. The first-order valence-electron chi connectivity index (χ1n) is 12.2. The highest BCUT2D eigenvalue weighted by atomic mass is 19.4. The van der Waals surface area contributed by atoms with Gasteiger partial charge in [0.25, 0.3) is 0 Å².